The van der Waals surface area contributed by atoms with Gasteiger partial charge in [0.05, 0.1) is 17.4 Å². The summed E-state index contributed by atoms with van der Waals surface area (Å²) in [6, 6.07) is 6.04. The van der Waals surface area contributed by atoms with Crippen molar-refractivity contribution in [3.05, 3.63) is 53.9 Å². The third kappa shape index (κ3) is 3.69. The number of pyridine rings is 1. The molecule has 0 radical (unpaired) electrons. The van der Waals surface area contributed by atoms with Crippen LogP contribution in [0.15, 0.2) is 41.3 Å². The zero-order valence-electron chi connectivity index (χ0n) is 16.3. The minimum atomic E-state index is 0.0657. The number of amides is 1. The summed E-state index contributed by atoms with van der Waals surface area (Å²) >= 11 is 0. The first-order valence-electron chi connectivity index (χ1n) is 9.79. The number of aromatic nitrogens is 4. The van der Waals surface area contributed by atoms with Gasteiger partial charge in [-0.3, -0.25) is 14.5 Å². The topological polar surface area (TPSA) is 77.0 Å². The normalized spacial score (nSPS) is 16.6. The SMILES string of the molecule is Cc1noc(C)c1-c1ccc([C@H]2CCCN2C(=O)CCCn2cccn2)nc1. The molecule has 7 heteroatoms. The molecule has 4 heterocycles. The van der Waals surface area contributed by atoms with E-state index in [1.807, 2.05) is 54.0 Å². The van der Waals surface area contributed by atoms with Crippen molar-refractivity contribution in [3.63, 3.8) is 0 Å². The molecular weight excluding hydrogens is 354 g/mol. The number of carbonyl (C=O) groups excluding carboxylic acids is 1. The Morgan fingerprint density at radius 3 is 2.89 bits per heavy atom. The fourth-order valence-electron chi connectivity index (χ4n) is 3.99. The molecule has 1 fully saturated rings. The molecule has 1 saturated heterocycles. The summed E-state index contributed by atoms with van der Waals surface area (Å²) in [4.78, 5) is 19.4. The molecule has 0 unspecified atom stereocenters. The molecule has 0 saturated carbocycles. The molecule has 0 N–H and O–H groups in total. The number of nitrogens with zero attached hydrogens (tertiary/aromatic N) is 5. The second-order valence-electron chi connectivity index (χ2n) is 7.29. The molecule has 1 atom stereocenters. The molecule has 1 aliphatic heterocycles. The molecular formula is C21H25N5O2. The van der Waals surface area contributed by atoms with Gasteiger partial charge in [0, 0.05) is 49.2 Å². The van der Waals surface area contributed by atoms with Gasteiger partial charge in [-0.05, 0) is 45.2 Å². The van der Waals surface area contributed by atoms with Crippen molar-refractivity contribution in [1.82, 2.24) is 24.8 Å². The van der Waals surface area contributed by atoms with E-state index in [2.05, 4.69) is 15.2 Å². The summed E-state index contributed by atoms with van der Waals surface area (Å²) in [6.07, 6.45) is 8.85. The molecule has 3 aromatic rings. The van der Waals surface area contributed by atoms with Gasteiger partial charge in [-0.1, -0.05) is 11.2 Å². The van der Waals surface area contributed by atoms with Gasteiger partial charge in [-0.15, -0.1) is 0 Å². The summed E-state index contributed by atoms with van der Waals surface area (Å²) in [5.41, 5.74) is 3.81. The fraction of sp³-hybridized carbons (Fsp3) is 0.429. The average molecular weight is 379 g/mol. The maximum absolute atomic E-state index is 12.7. The summed E-state index contributed by atoms with van der Waals surface area (Å²) in [6.45, 7) is 5.41. The number of hydrogen-bond donors (Lipinski definition) is 0. The van der Waals surface area contributed by atoms with Crippen LogP contribution in [0.2, 0.25) is 0 Å². The number of aryl methyl sites for hydroxylation is 3. The van der Waals surface area contributed by atoms with Crippen LogP contribution in [0.5, 0.6) is 0 Å². The fourth-order valence-corrected chi connectivity index (χ4v) is 3.99. The first kappa shape index (κ1) is 18.4. The molecule has 3 aromatic heterocycles. The van der Waals surface area contributed by atoms with Gasteiger partial charge in [0.25, 0.3) is 0 Å². The first-order chi connectivity index (χ1) is 13.6. The lowest BCUT2D eigenvalue weighted by atomic mass is 10.0. The second kappa shape index (κ2) is 7.96. The van der Waals surface area contributed by atoms with Crippen LogP contribution in [0.3, 0.4) is 0 Å². The number of rotatable bonds is 6. The quantitative estimate of drug-likeness (QED) is 0.653. The van der Waals surface area contributed by atoms with E-state index < -0.39 is 0 Å². The highest BCUT2D eigenvalue weighted by Gasteiger charge is 2.30. The minimum Gasteiger partial charge on any atom is -0.361 e. The van der Waals surface area contributed by atoms with Crippen LogP contribution in [0.4, 0.5) is 0 Å². The summed E-state index contributed by atoms with van der Waals surface area (Å²) < 4.78 is 7.12. The van der Waals surface area contributed by atoms with Crippen molar-refractivity contribution in [2.24, 2.45) is 0 Å². The molecule has 146 valence electrons. The summed E-state index contributed by atoms with van der Waals surface area (Å²) in [5, 5.41) is 8.20. The van der Waals surface area contributed by atoms with Crippen molar-refractivity contribution >= 4 is 5.91 Å². The van der Waals surface area contributed by atoms with Gasteiger partial charge in [0.2, 0.25) is 5.91 Å². The van der Waals surface area contributed by atoms with Crippen molar-refractivity contribution < 1.29 is 9.32 Å². The molecule has 0 aliphatic carbocycles. The molecule has 7 nitrogen and oxygen atoms in total. The molecule has 0 aromatic carbocycles. The lowest BCUT2D eigenvalue weighted by molar-refractivity contribution is -0.132. The monoisotopic (exact) mass is 379 g/mol. The van der Waals surface area contributed by atoms with E-state index in [4.69, 9.17) is 4.52 Å². The van der Waals surface area contributed by atoms with Crippen LogP contribution in [-0.2, 0) is 11.3 Å². The second-order valence-corrected chi connectivity index (χ2v) is 7.29. The van der Waals surface area contributed by atoms with Crippen molar-refractivity contribution in [2.75, 3.05) is 6.54 Å². The highest BCUT2D eigenvalue weighted by Crippen LogP contribution is 2.33. The Kier molecular flexibility index (Phi) is 5.23. The Morgan fingerprint density at radius 1 is 1.32 bits per heavy atom. The van der Waals surface area contributed by atoms with E-state index in [9.17, 15) is 4.79 Å². The lowest BCUT2D eigenvalue weighted by Gasteiger charge is -2.24. The third-order valence-electron chi connectivity index (χ3n) is 5.36. The van der Waals surface area contributed by atoms with Crippen molar-refractivity contribution in [2.45, 2.75) is 52.1 Å². The van der Waals surface area contributed by atoms with Gasteiger partial charge in [-0.25, -0.2) is 0 Å². The Hall–Kier alpha value is -2.96. The van der Waals surface area contributed by atoms with Crippen LogP contribution in [0.25, 0.3) is 11.1 Å². The lowest BCUT2D eigenvalue weighted by Crippen LogP contribution is -2.31. The van der Waals surface area contributed by atoms with Gasteiger partial charge in [-0.2, -0.15) is 5.10 Å². The highest BCUT2D eigenvalue weighted by atomic mass is 16.5. The molecule has 0 bridgehead atoms. The van der Waals surface area contributed by atoms with Crippen LogP contribution < -0.4 is 0 Å². The van der Waals surface area contributed by atoms with Crippen molar-refractivity contribution in [1.29, 1.82) is 0 Å². The summed E-state index contributed by atoms with van der Waals surface area (Å²) in [5.74, 6) is 0.994. The van der Waals surface area contributed by atoms with E-state index in [1.165, 1.54) is 0 Å². The molecule has 1 aliphatic rings. The van der Waals surface area contributed by atoms with E-state index in [0.29, 0.717) is 6.42 Å². The molecule has 4 rings (SSSR count). The average Bonchev–Trinajstić information content (AvgIpc) is 3.44. The van der Waals surface area contributed by atoms with Gasteiger partial charge in [0.1, 0.15) is 5.76 Å². The maximum Gasteiger partial charge on any atom is 0.223 e. The number of carbonyl (C=O) groups is 1. The smallest absolute Gasteiger partial charge is 0.223 e. The predicted octanol–water partition coefficient (Wildman–Crippen LogP) is 3.69. The zero-order valence-corrected chi connectivity index (χ0v) is 16.3. The number of hydrogen-bond acceptors (Lipinski definition) is 5. The molecule has 28 heavy (non-hydrogen) atoms. The molecule has 1 amide bonds. The van der Waals surface area contributed by atoms with Gasteiger partial charge < -0.3 is 9.42 Å². The van der Waals surface area contributed by atoms with E-state index >= 15 is 0 Å². The third-order valence-corrected chi connectivity index (χ3v) is 5.36. The largest absolute Gasteiger partial charge is 0.361 e. The van der Waals surface area contributed by atoms with E-state index in [0.717, 1.165) is 60.6 Å². The zero-order chi connectivity index (χ0) is 19.5. The Labute approximate surface area is 164 Å². The van der Waals surface area contributed by atoms with Crippen LogP contribution in [0.1, 0.15) is 48.9 Å². The van der Waals surface area contributed by atoms with E-state index in [1.54, 1.807) is 6.20 Å². The minimum absolute atomic E-state index is 0.0657. The Balaban J connectivity index is 1.42. The predicted molar refractivity (Wildman–Crippen MR) is 104 cm³/mol. The number of likely N-dealkylation sites (tertiary alicyclic amines) is 1. The van der Waals surface area contributed by atoms with Crippen LogP contribution in [-0.4, -0.2) is 37.3 Å². The van der Waals surface area contributed by atoms with Crippen molar-refractivity contribution in [3.8, 4) is 11.1 Å². The van der Waals surface area contributed by atoms with Crippen LogP contribution >= 0.6 is 0 Å². The summed E-state index contributed by atoms with van der Waals surface area (Å²) in [7, 11) is 0. The molecule has 0 spiro atoms. The highest BCUT2D eigenvalue weighted by molar-refractivity contribution is 5.77. The van der Waals surface area contributed by atoms with Crippen LogP contribution in [0, 0.1) is 13.8 Å². The standard InChI is InChI=1S/C21H25N5O2/c1-15-21(16(2)28-24-15)17-8-9-18(22-14-17)19-6-3-13-26(19)20(27)7-4-11-25-12-5-10-23-25/h5,8-10,12,14,19H,3-4,6-7,11,13H2,1-2H3/t19-/m1/s1. The maximum atomic E-state index is 12.7. The van der Waals surface area contributed by atoms with E-state index in [-0.39, 0.29) is 11.9 Å². The van der Waals surface area contributed by atoms with Gasteiger partial charge >= 0.3 is 0 Å². The Morgan fingerprint density at radius 2 is 2.21 bits per heavy atom. The Bertz CT molecular complexity index is 911. The van der Waals surface area contributed by atoms with Gasteiger partial charge in [0.15, 0.2) is 0 Å². The first-order valence-corrected chi connectivity index (χ1v) is 9.79.